The zero-order chi connectivity index (χ0) is 14.9. The van der Waals surface area contributed by atoms with Crippen molar-refractivity contribution >= 4 is 33.2 Å². The van der Waals surface area contributed by atoms with E-state index in [0.717, 1.165) is 20.6 Å². The number of aromatic nitrogens is 1. The van der Waals surface area contributed by atoms with Crippen molar-refractivity contribution in [1.82, 2.24) is 4.98 Å². The molecular weight excluding hydrogens is 338 g/mol. The van der Waals surface area contributed by atoms with Crippen LogP contribution >= 0.6 is 27.3 Å². The molecule has 0 aliphatic rings. The summed E-state index contributed by atoms with van der Waals surface area (Å²) >= 11 is 4.69. The lowest BCUT2D eigenvalue weighted by Crippen LogP contribution is -2.02. The quantitative estimate of drug-likeness (QED) is 0.860. The molecule has 3 nitrogen and oxygen atoms in total. The molecule has 0 amide bonds. The van der Waals surface area contributed by atoms with Crippen LogP contribution in [0.5, 0.6) is 0 Å². The molecule has 0 fully saturated rings. The first-order chi connectivity index (χ1) is 9.38. The van der Waals surface area contributed by atoms with Crippen LogP contribution in [0.3, 0.4) is 0 Å². The molecule has 0 radical (unpaired) electrons. The van der Waals surface area contributed by atoms with Crippen LogP contribution in [-0.2, 0) is 6.42 Å². The summed E-state index contributed by atoms with van der Waals surface area (Å²) in [6.45, 7) is 6.13. The van der Waals surface area contributed by atoms with E-state index in [1.807, 2.05) is 25.1 Å². The van der Waals surface area contributed by atoms with E-state index in [-0.39, 0.29) is 0 Å². The maximum atomic E-state index is 11.3. The van der Waals surface area contributed by atoms with Crippen LogP contribution < -0.4 is 0 Å². The fourth-order valence-electron chi connectivity index (χ4n) is 2.03. The van der Waals surface area contributed by atoms with Crippen molar-refractivity contribution in [2.75, 3.05) is 0 Å². The molecule has 106 valence electrons. The third kappa shape index (κ3) is 3.27. The monoisotopic (exact) mass is 353 g/mol. The molecule has 2 rings (SSSR count). The topological polar surface area (TPSA) is 50.2 Å². The van der Waals surface area contributed by atoms with Crippen LogP contribution in [0, 0.1) is 12.8 Å². The van der Waals surface area contributed by atoms with Gasteiger partial charge >= 0.3 is 5.97 Å². The molecule has 1 aromatic heterocycles. The van der Waals surface area contributed by atoms with Gasteiger partial charge in [-0.05, 0) is 37.0 Å². The van der Waals surface area contributed by atoms with E-state index in [0.29, 0.717) is 22.9 Å². The lowest BCUT2D eigenvalue weighted by molar-refractivity contribution is 0.0700. The third-order valence-electron chi connectivity index (χ3n) is 2.91. The van der Waals surface area contributed by atoms with Gasteiger partial charge in [-0.15, -0.1) is 11.3 Å². The largest absolute Gasteiger partial charge is 0.477 e. The Morgan fingerprint density at radius 2 is 2.15 bits per heavy atom. The first kappa shape index (κ1) is 15.2. The van der Waals surface area contributed by atoms with Gasteiger partial charge in [0.25, 0.3) is 0 Å². The van der Waals surface area contributed by atoms with E-state index in [9.17, 15) is 9.90 Å². The number of thiazole rings is 1. The summed E-state index contributed by atoms with van der Waals surface area (Å²) < 4.78 is 1.01. The second kappa shape index (κ2) is 6.06. The zero-order valence-corrected chi connectivity index (χ0v) is 14.0. The summed E-state index contributed by atoms with van der Waals surface area (Å²) in [5.74, 6) is -0.506. The summed E-state index contributed by atoms with van der Waals surface area (Å²) in [4.78, 5) is 16.3. The number of benzene rings is 1. The van der Waals surface area contributed by atoms with Crippen molar-refractivity contribution in [2.45, 2.75) is 27.2 Å². The predicted molar refractivity (Wildman–Crippen MR) is 85.5 cm³/mol. The number of carboxylic acid groups (broad SMARTS) is 1. The second-order valence-electron chi connectivity index (χ2n) is 5.16. The molecule has 0 saturated carbocycles. The summed E-state index contributed by atoms with van der Waals surface area (Å²) in [5.41, 5.74) is 2.77. The summed E-state index contributed by atoms with van der Waals surface area (Å²) in [6, 6.07) is 5.94. The van der Waals surface area contributed by atoms with Crippen molar-refractivity contribution in [3.63, 3.8) is 0 Å². The number of halogens is 1. The van der Waals surface area contributed by atoms with Gasteiger partial charge in [0.1, 0.15) is 9.88 Å². The second-order valence-corrected chi connectivity index (χ2v) is 7.07. The van der Waals surface area contributed by atoms with Gasteiger partial charge in [-0.2, -0.15) is 0 Å². The smallest absolute Gasteiger partial charge is 0.347 e. The normalized spacial score (nSPS) is 11.1. The first-order valence-corrected chi connectivity index (χ1v) is 7.99. The van der Waals surface area contributed by atoms with Crippen molar-refractivity contribution in [2.24, 2.45) is 5.92 Å². The lowest BCUT2D eigenvalue weighted by Gasteiger charge is -2.03. The lowest BCUT2D eigenvalue weighted by atomic mass is 10.1. The molecule has 20 heavy (non-hydrogen) atoms. The minimum Gasteiger partial charge on any atom is -0.477 e. The summed E-state index contributed by atoms with van der Waals surface area (Å²) in [5, 5.41) is 10.1. The standard InChI is InChI=1S/C15H16BrNO2S/c1-8(2)6-12-13(15(18)19)20-14(17-12)11-5-4-10(16)7-9(11)3/h4-5,7-8H,6H2,1-3H3,(H,18,19). The molecule has 1 heterocycles. The zero-order valence-electron chi connectivity index (χ0n) is 11.6. The van der Waals surface area contributed by atoms with Crippen LogP contribution in [-0.4, -0.2) is 16.1 Å². The number of aromatic carboxylic acids is 1. The maximum absolute atomic E-state index is 11.3. The van der Waals surface area contributed by atoms with E-state index >= 15 is 0 Å². The van der Waals surface area contributed by atoms with Gasteiger partial charge in [0.05, 0.1) is 5.69 Å². The molecule has 0 aliphatic heterocycles. The van der Waals surface area contributed by atoms with E-state index in [4.69, 9.17) is 0 Å². The maximum Gasteiger partial charge on any atom is 0.347 e. The molecule has 0 spiro atoms. The molecule has 0 atom stereocenters. The highest BCUT2D eigenvalue weighted by atomic mass is 79.9. The summed E-state index contributed by atoms with van der Waals surface area (Å²) in [6.07, 6.45) is 0.688. The van der Waals surface area contributed by atoms with Gasteiger partial charge in [0, 0.05) is 10.0 Å². The van der Waals surface area contributed by atoms with Crippen LogP contribution in [0.15, 0.2) is 22.7 Å². The van der Waals surface area contributed by atoms with Gasteiger partial charge < -0.3 is 5.11 Å². The Bertz CT molecular complexity index is 649. The number of nitrogens with zero attached hydrogens (tertiary/aromatic N) is 1. The molecule has 1 aromatic carbocycles. The number of aryl methyl sites for hydroxylation is 1. The van der Waals surface area contributed by atoms with E-state index in [2.05, 4.69) is 34.8 Å². The van der Waals surface area contributed by atoms with Gasteiger partial charge in [-0.1, -0.05) is 35.8 Å². The first-order valence-electron chi connectivity index (χ1n) is 6.38. The Kier molecular flexibility index (Phi) is 4.60. The molecule has 0 saturated heterocycles. The molecule has 0 aliphatic carbocycles. The molecular formula is C15H16BrNO2S. The fourth-order valence-corrected chi connectivity index (χ4v) is 3.52. The SMILES string of the molecule is Cc1cc(Br)ccc1-c1nc(CC(C)C)c(C(=O)O)s1. The van der Waals surface area contributed by atoms with Crippen LogP contribution in [0.4, 0.5) is 0 Å². The van der Waals surface area contributed by atoms with Crippen LogP contribution in [0.25, 0.3) is 10.6 Å². The van der Waals surface area contributed by atoms with Gasteiger partial charge in [-0.3, -0.25) is 0 Å². The molecule has 0 unspecified atom stereocenters. The van der Waals surface area contributed by atoms with Crippen molar-refractivity contribution < 1.29 is 9.90 Å². The highest BCUT2D eigenvalue weighted by Crippen LogP contribution is 2.32. The Morgan fingerprint density at radius 3 is 2.70 bits per heavy atom. The molecule has 0 bridgehead atoms. The van der Waals surface area contributed by atoms with Crippen molar-refractivity contribution in [3.05, 3.63) is 38.8 Å². The average molecular weight is 354 g/mol. The minimum atomic E-state index is -0.890. The Balaban J connectivity index is 2.49. The van der Waals surface area contributed by atoms with Gasteiger partial charge in [0.15, 0.2) is 0 Å². The Hall–Kier alpha value is -1.20. The number of rotatable bonds is 4. The van der Waals surface area contributed by atoms with Crippen molar-refractivity contribution in [3.8, 4) is 10.6 Å². The van der Waals surface area contributed by atoms with Crippen LogP contribution in [0.2, 0.25) is 0 Å². The minimum absolute atomic E-state index is 0.357. The Morgan fingerprint density at radius 1 is 1.45 bits per heavy atom. The molecule has 2 aromatic rings. The van der Waals surface area contributed by atoms with Gasteiger partial charge in [0.2, 0.25) is 0 Å². The number of carbonyl (C=O) groups is 1. The number of carboxylic acids is 1. The van der Waals surface area contributed by atoms with E-state index in [1.165, 1.54) is 11.3 Å². The summed E-state index contributed by atoms with van der Waals surface area (Å²) in [7, 11) is 0. The predicted octanol–water partition coefficient (Wildman–Crippen LogP) is 4.78. The van der Waals surface area contributed by atoms with Crippen molar-refractivity contribution in [1.29, 1.82) is 0 Å². The van der Waals surface area contributed by atoms with Crippen LogP contribution in [0.1, 0.15) is 34.8 Å². The number of hydrogen-bond donors (Lipinski definition) is 1. The fraction of sp³-hybridized carbons (Fsp3) is 0.333. The highest BCUT2D eigenvalue weighted by Gasteiger charge is 2.19. The molecule has 1 N–H and O–H groups in total. The molecule has 5 heteroatoms. The third-order valence-corrected chi connectivity index (χ3v) is 4.52. The average Bonchev–Trinajstić information content (AvgIpc) is 2.71. The Labute approximate surface area is 130 Å². The van der Waals surface area contributed by atoms with E-state index in [1.54, 1.807) is 0 Å². The van der Waals surface area contributed by atoms with E-state index < -0.39 is 5.97 Å². The highest BCUT2D eigenvalue weighted by molar-refractivity contribution is 9.10. The number of hydrogen-bond acceptors (Lipinski definition) is 3. The van der Waals surface area contributed by atoms with Gasteiger partial charge in [-0.25, -0.2) is 9.78 Å².